The quantitative estimate of drug-likeness (QED) is 0.181. The van der Waals surface area contributed by atoms with Gasteiger partial charge < -0.3 is 15.1 Å². The number of phenols is 2. The number of aromatic hydroxyl groups is 2. The van der Waals surface area contributed by atoms with Crippen molar-refractivity contribution in [3.63, 3.8) is 0 Å². The molecule has 0 atom stereocenters. The van der Waals surface area contributed by atoms with E-state index in [4.69, 9.17) is 5.11 Å². The van der Waals surface area contributed by atoms with Crippen molar-refractivity contribution in [2.45, 2.75) is 6.42 Å². The van der Waals surface area contributed by atoms with Crippen molar-refractivity contribution in [1.29, 1.82) is 0 Å². The van der Waals surface area contributed by atoms with Crippen LogP contribution in [0, 0.1) is 0 Å². The van der Waals surface area contributed by atoms with Crippen LogP contribution in [-0.4, -0.2) is 10.2 Å². The Balaban J connectivity index is 0.000000143. The Morgan fingerprint density at radius 2 is 1.00 bits per heavy atom. The lowest BCUT2D eigenvalue weighted by Gasteiger charge is -2.25. The van der Waals surface area contributed by atoms with Crippen molar-refractivity contribution in [3.05, 3.63) is 181 Å². The van der Waals surface area contributed by atoms with E-state index in [9.17, 15) is 5.11 Å². The average Bonchev–Trinajstić information content (AvgIpc) is 3.70. The summed E-state index contributed by atoms with van der Waals surface area (Å²) in [5.41, 5.74) is 5.90. The molecule has 244 valence electrons. The summed E-state index contributed by atoms with van der Waals surface area (Å²) < 4.78 is 5.21. The van der Waals surface area contributed by atoms with E-state index < -0.39 is 0 Å². The molecule has 0 saturated heterocycles. The first kappa shape index (κ1) is 34.9. The number of nitrogens with zero attached hydrogens (tertiary/aromatic N) is 1. The van der Waals surface area contributed by atoms with E-state index in [1.165, 1.54) is 31.3 Å². The van der Waals surface area contributed by atoms with E-state index in [1.54, 1.807) is 35.6 Å². The standard InChI is InChI=1S/C20H14BrNOS.C15H12S.C6H4Br2O/c21-14-10-16(12-17(23)11-14)22(15-6-2-1-3-7-15)19-13-24-20-9-5-4-8-18(19)20;1-2-6-12(7-3-1)10-13-11-16-15-9-5-4-8-14(13)15;7-4-1-5(8)3-6(9)2-4/h1-13,23H;1-9,11H,10H2;1-3,9H. The highest BCUT2D eigenvalue weighted by molar-refractivity contribution is 9.11. The van der Waals surface area contributed by atoms with Crippen LogP contribution in [-0.2, 0) is 6.42 Å². The third-order valence-electron chi connectivity index (χ3n) is 7.49. The Morgan fingerprint density at radius 3 is 1.63 bits per heavy atom. The smallest absolute Gasteiger partial charge is 0.118 e. The lowest BCUT2D eigenvalue weighted by Crippen LogP contribution is -2.09. The van der Waals surface area contributed by atoms with Crippen LogP contribution in [0.25, 0.3) is 20.2 Å². The maximum atomic E-state index is 10.0. The number of anilines is 3. The molecule has 0 aliphatic carbocycles. The van der Waals surface area contributed by atoms with Crippen LogP contribution in [0.5, 0.6) is 11.5 Å². The highest BCUT2D eigenvalue weighted by Crippen LogP contribution is 2.43. The summed E-state index contributed by atoms with van der Waals surface area (Å²) in [5, 5.41) is 26.0. The van der Waals surface area contributed by atoms with Crippen LogP contribution in [0.4, 0.5) is 17.1 Å². The summed E-state index contributed by atoms with van der Waals surface area (Å²) in [7, 11) is 0. The topological polar surface area (TPSA) is 43.7 Å². The predicted molar refractivity (Wildman–Crippen MR) is 220 cm³/mol. The summed E-state index contributed by atoms with van der Waals surface area (Å²) >= 11 is 13.5. The Hall–Kier alpha value is -3.92. The van der Waals surface area contributed by atoms with E-state index in [1.807, 2.05) is 41.7 Å². The Bertz CT molecular complexity index is 2220. The van der Waals surface area contributed by atoms with Crippen LogP contribution < -0.4 is 4.90 Å². The van der Waals surface area contributed by atoms with Crippen LogP contribution in [0.15, 0.2) is 170 Å². The second-order valence-corrected chi connectivity index (χ2v) is 15.6. The molecule has 2 heterocycles. The number of halogens is 3. The molecule has 2 aromatic heterocycles. The minimum atomic E-state index is 0.236. The second kappa shape index (κ2) is 16.7. The number of para-hydroxylation sites is 1. The lowest BCUT2D eigenvalue weighted by atomic mass is 10.0. The first-order valence-corrected chi connectivity index (χ1v) is 19.4. The lowest BCUT2D eigenvalue weighted by molar-refractivity contribution is 0.474. The fraction of sp³-hybridized carbons (Fsp3) is 0.0244. The van der Waals surface area contributed by atoms with Gasteiger partial charge in [-0.05, 0) is 82.9 Å². The molecular formula is C41H30Br3NO2S2. The normalized spacial score (nSPS) is 10.6. The SMILES string of the molecule is Oc1cc(Br)cc(Br)c1.Oc1cc(Br)cc(N(c2ccccc2)c2csc3ccccc23)c1.c1ccc(Cc2csc3ccccc23)cc1. The van der Waals surface area contributed by atoms with Crippen LogP contribution >= 0.6 is 70.5 Å². The minimum absolute atomic E-state index is 0.236. The van der Waals surface area contributed by atoms with Gasteiger partial charge in [-0.3, -0.25) is 0 Å². The maximum absolute atomic E-state index is 10.0. The van der Waals surface area contributed by atoms with E-state index in [0.717, 1.165) is 36.9 Å². The van der Waals surface area contributed by atoms with Crippen LogP contribution in [0.1, 0.15) is 11.1 Å². The van der Waals surface area contributed by atoms with E-state index in [-0.39, 0.29) is 11.5 Å². The van der Waals surface area contributed by atoms with E-state index in [2.05, 4.69) is 154 Å². The number of fused-ring (bicyclic) bond motifs is 2. The highest BCUT2D eigenvalue weighted by Gasteiger charge is 2.17. The molecule has 0 spiro atoms. The molecule has 0 unspecified atom stereocenters. The molecule has 3 nitrogen and oxygen atoms in total. The Labute approximate surface area is 319 Å². The van der Waals surface area contributed by atoms with Gasteiger partial charge in [-0.15, -0.1) is 22.7 Å². The molecule has 0 aliphatic heterocycles. The average molecular weight is 873 g/mol. The van der Waals surface area contributed by atoms with Gasteiger partial charge in [0.2, 0.25) is 0 Å². The van der Waals surface area contributed by atoms with Gasteiger partial charge in [0.1, 0.15) is 11.5 Å². The number of rotatable bonds is 5. The minimum Gasteiger partial charge on any atom is -0.508 e. The molecule has 6 aromatic carbocycles. The maximum Gasteiger partial charge on any atom is 0.118 e. The number of phenolic OH excluding ortho intramolecular Hbond substituents is 2. The number of hydrogen-bond acceptors (Lipinski definition) is 5. The first-order chi connectivity index (χ1) is 23.8. The summed E-state index contributed by atoms with van der Waals surface area (Å²) in [4.78, 5) is 2.17. The molecular weight excluding hydrogens is 842 g/mol. The van der Waals surface area contributed by atoms with Crippen LogP contribution in [0.2, 0.25) is 0 Å². The summed E-state index contributed by atoms with van der Waals surface area (Å²) in [5.74, 6) is 0.496. The second-order valence-electron chi connectivity index (χ2n) is 11.0. The van der Waals surface area contributed by atoms with Crippen molar-refractivity contribution in [2.24, 2.45) is 0 Å². The predicted octanol–water partition coefficient (Wildman–Crippen LogP) is 14.2. The molecule has 8 heteroatoms. The van der Waals surface area contributed by atoms with Crippen LogP contribution in [0.3, 0.4) is 0 Å². The highest BCUT2D eigenvalue weighted by atomic mass is 79.9. The van der Waals surface area contributed by atoms with Gasteiger partial charge in [-0.1, -0.05) is 133 Å². The van der Waals surface area contributed by atoms with E-state index in [0.29, 0.717) is 0 Å². The Morgan fingerprint density at radius 1 is 0.490 bits per heavy atom. The van der Waals surface area contributed by atoms with Gasteiger partial charge >= 0.3 is 0 Å². The number of benzene rings is 6. The third-order valence-corrected chi connectivity index (χ3v) is 10.8. The molecule has 0 aliphatic rings. The van der Waals surface area contributed by atoms with Gasteiger partial charge in [0.25, 0.3) is 0 Å². The van der Waals surface area contributed by atoms with Gasteiger partial charge in [0, 0.05) is 45.3 Å². The molecule has 0 fully saturated rings. The molecule has 0 radical (unpaired) electrons. The summed E-state index contributed by atoms with van der Waals surface area (Å²) in [6.45, 7) is 0. The van der Waals surface area contributed by atoms with Crippen molar-refractivity contribution >= 4 is 108 Å². The zero-order chi connectivity index (χ0) is 34.2. The molecule has 0 saturated carbocycles. The largest absolute Gasteiger partial charge is 0.508 e. The molecule has 2 N–H and O–H groups in total. The van der Waals surface area contributed by atoms with Crippen molar-refractivity contribution in [2.75, 3.05) is 4.90 Å². The van der Waals surface area contributed by atoms with Crippen molar-refractivity contribution < 1.29 is 10.2 Å². The van der Waals surface area contributed by atoms with E-state index >= 15 is 0 Å². The van der Waals surface area contributed by atoms with Gasteiger partial charge in [0.05, 0.1) is 11.4 Å². The monoisotopic (exact) mass is 869 g/mol. The van der Waals surface area contributed by atoms with Gasteiger partial charge in [-0.2, -0.15) is 0 Å². The van der Waals surface area contributed by atoms with Crippen molar-refractivity contribution in [3.8, 4) is 11.5 Å². The Kier molecular flexibility index (Phi) is 11.9. The fourth-order valence-electron chi connectivity index (χ4n) is 5.35. The van der Waals surface area contributed by atoms with Gasteiger partial charge in [0.15, 0.2) is 0 Å². The fourth-order valence-corrected chi connectivity index (χ4v) is 8.98. The zero-order valence-electron chi connectivity index (χ0n) is 26.0. The van der Waals surface area contributed by atoms with Gasteiger partial charge in [-0.25, -0.2) is 0 Å². The molecule has 49 heavy (non-hydrogen) atoms. The molecule has 8 rings (SSSR count). The van der Waals surface area contributed by atoms with Crippen molar-refractivity contribution in [1.82, 2.24) is 0 Å². The summed E-state index contributed by atoms with van der Waals surface area (Å²) in [6.07, 6.45) is 1.03. The number of hydrogen-bond donors (Lipinski definition) is 2. The molecule has 0 amide bonds. The molecule has 0 bridgehead atoms. The third kappa shape index (κ3) is 9.21. The first-order valence-electron chi connectivity index (χ1n) is 15.3. The number of thiophene rings is 2. The zero-order valence-corrected chi connectivity index (χ0v) is 32.4. The summed E-state index contributed by atoms with van der Waals surface area (Å²) in [6, 6.07) is 48.4. The molecule has 8 aromatic rings.